The molecule has 1 aliphatic rings. The van der Waals surface area contributed by atoms with Crippen LogP contribution in [-0.2, 0) is 11.3 Å². The number of fused-ring (bicyclic) bond motifs is 1. The second kappa shape index (κ2) is 10.5. The lowest BCUT2D eigenvalue weighted by molar-refractivity contribution is -0.122. The molecule has 31 heavy (non-hydrogen) atoms. The van der Waals surface area contributed by atoms with E-state index in [1.165, 1.54) is 6.42 Å². The van der Waals surface area contributed by atoms with Crippen LogP contribution in [0.15, 0.2) is 21.7 Å². The predicted molar refractivity (Wildman–Crippen MR) is 120 cm³/mol. The second-order valence-electron chi connectivity index (χ2n) is 8.14. The van der Waals surface area contributed by atoms with Crippen molar-refractivity contribution in [2.24, 2.45) is 5.92 Å². The molecule has 170 valence electrons. The molecule has 0 aliphatic heterocycles. The minimum atomic E-state index is -0.495. The van der Waals surface area contributed by atoms with Gasteiger partial charge in [0.1, 0.15) is 0 Å². The van der Waals surface area contributed by atoms with E-state index in [1.54, 1.807) is 12.1 Å². The first-order valence-electron chi connectivity index (χ1n) is 11.3. The van der Waals surface area contributed by atoms with Gasteiger partial charge in [0, 0.05) is 25.1 Å². The lowest BCUT2D eigenvalue weighted by atomic mass is 9.86. The van der Waals surface area contributed by atoms with Gasteiger partial charge in [0.2, 0.25) is 5.91 Å². The first kappa shape index (κ1) is 22.9. The van der Waals surface area contributed by atoms with E-state index in [9.17, 15) is 14.4 Å². The molecule has 3 rings (SSSR count). The third kappa shape index (κ3) is 5.48. The topological polar surface area (TPSA) is 102 Å². The summed E-state index contributed by atoms with van der Waals surface area (Å²) < 4.78 is 12.3. The molecule has 1 aliphatic carbocycles. The van der Waals surface area contributed by atoms with E-state index in [-0.39, 0.29) is 24.9 Å². The van der Waals surface area contributed by atoms with E-state index < -0.39 is 11.2 Å². The van der Waals surface area contributed by atoms with E-state index >= 15 is 0 Å². The number of H-pyrrole nitrogens is 1. The molecule has 1 heterocycles. The summed E-state index contributed by atoms with van der Waals surface area (Å²) in [5.41, 5.74) is -0.489. The van der Waals surface area contributed by atoms with Gasteiger partial charge in [0.05, 0.1) is 24.1 Å². The lowest BCUT2D eigenvalue weighted by Gasteiger charge is -2.29. The summed E-state index contributed by atoms with van der Waals surface area (Å²) >= 11 is 0. The smallest absolute Gasteiger partial charge is 0.328 e. The minimum absolute atomic E-state index is 0.0241. The Balaban J connectivity index is 1.73. The molecule has 8 heteroatoms. The van der Waals surface area contributed by atoms with Crippen molar-refractivity contribution in [3.8, 4) is 11.5 Å². The Morgan fingerprint density at radius 2 is 1.81 bits per heavy atom. The molecular formula is C23H33N3O5. The Morgan fingerprint density at radius 3 is 2.48 bits per heavy atom. The fraction of sp³-hybridized carbons (Fsp3) is 0.609. The summed E-state index contributed by atoms with van der Waals surface area (Å²) in [6.45, 7) is 6.92. The molecule has 1 aromatic carbocycles. The summed E-state index contributed by atoms with van der Waals surface area (Å²) in [7, 11) is 0. The number of rotatable bonds is 9. The molecule has 2 atom stereocenters. The highest BCUT2D eigenvalue weighted by Gasteiger charge is 2.22. The van der Waals surface area contributed by atoms with Gasteiger partial charge in [-0.1, -0.05) is 19.8 Å². The molecule has 1 saturated carbocycles. The van der Waals surface area contributed by atoms with E-state index in [2.05, 4.69) is 17.2 Å². The van der Waals surface area contributed by atoms with Gasteiger partial charge in [-0.05, 0) is 45.1 Å². The van der Waals surface area contributed by atoms with Gasteiger partial charge in [-0.25, -0.2) is 4.79 Å². The third-order valence-corrected chi connectivity index (χ3v) is 5.89. The van der Waals surface area contributed by atoms with E-state index in [0.717, 1.165) is 23.8 Å². The van der Waals surface area contributed by atoms with E-state index in [1.807, 2.05) is 13.8 Å². The van der Waals surface area contributed by atoms with Crippen LogP contribution < -0.4 is 26.0 Å². The van der Waals surface area contributed by atoms with Crippen molar-refractivity contribution in [3.05, 3.63) is 33.0 Å². The molecule has 0 unspecified atom stereocenters. The number of hydrogen-bond acceptors (Lipinski definition) is 5. The zero-order valence-electron chi connectivity index (χ0n) is 18.7. The summed E-state index contributed by atoms with van der Waals surface area (Å²) in [6, 6.07) is 3.45. The number of carbonyl (C=O) groups is 1. The van der Waals surface area contributed by atoms with Crippen molar-refractivity contribution in [2.45, 2.75) is 71.9 Å². The highest BCUT2D eigenvalue weighted by molar-refractivity contribution is 5.81. The Hall–Kier alpha value is -2.77. The molecule has 0 bridgehead atoms. The maximum atomic E-state index is 13.0. The number of ether oxygens (including phenoxy) is 2. The Kier molecular flexibility index (Phi) is 7.76. The van der Waals surface area contributed by atoms with Crippen LogP contribution in [0.1, 0.15) is 59.3 Å². The fourth-order valence-corrected chi connectivity index (χ4v) is 4.21. The number of carbonyl (C=O) groups excluding carboxylic acids is 1. The molecule has 2 aromatic rings. The fourth-order valence-electron chi connectivity index (χ4n) is 4.21. The van der Waals surface area contributed by atoms with E-state index in [4.69, 9.17) is 9.47 Å². The van der Waals surface area contributed by atoms with Crippen molar-refractivity contribution in [2.75, 3.05) is 13.2 Å². The van der Waals surface area contributed by atoms with Crippen LogP contribution in [0.25, 0.3) is 10.9 Å². The SMILES string of the molecule is CCOc1cc2[nH]c(=O)n(CCCC(=O)N[C@H]3CCCC[C@@H]3C)c(=O)c2cc1OCC. The normalized spacial score (nSPS) is 18.7. The minimum Gasteiger partial charge on any atom is -0.490 e. The summed E-state index contributed by atoms with van der Waals surface area (Å²) in [5.74, 6) is 1.42. The zero-order valence-corrected chi connectivity index (χ0v) is 18.7. The number of amides is 1. The van der Waals surface area contributed by atoms with Crippen molar-refractivity contribution in [1.29, 1.82) is 0 Å². The van der Waals surface area contributed by atoms with Gasteiger partial charge in [0.25, 0.3) is 5.56 Å². The lowest BCUT2D eigenvalue weighted by Crippen LogP contribution is -2.41. The number of aromatic nitrogens is 2. The molecule has 0 saturated heterocycles. The van der Waals surface area contributed by atoms with Gasteiger partial charge in [0.15, 0.2) is 11.5 Å². The van der Waals surface area contributed by atoms with Crippen LogP contribution in [0.4, 0.5) is 0 Å². The van der Waals surface area contributed by atoms with Gasteiger partial charge >= 0.3 is 5.69 Å². The Labute approximate surface area is 181 Å². The van der Waals surface area contributed by atoms with Crippen LogP contribution in [0.5, 0.6) is 11.5 Å². The first-order valence-corrected chi connectivity index (χ1v) is 11.3. The molecule has 0 spiro atoms. The van der Waals surface area contributed by atoms with Crippen LogP contribution in [-0.4, -0.2) is 34.7 Å². The largest absolute Gasteiger partial charge is 0.490 e. The van der Waals surface area contributed by atoms with Crippen LogP contribution in [0, 0.1) is 5.92 Å². The molecule has 1 amide bonds. The highest BCUT2D eigenvalue weighted by Crippen LogP contribution is 2.30. The summed E-state index contributed by atoms with van der Waals surface area (Å²) in [4.78, 5) is 40.5. The summed E-state index contributed by atoms with van der Waals surface area (Å²) in [5, 5.41) is 3.46. The average Bonchev–Trinajstić information content (AvgIpc) is 2.73. The monoisotopic (exact) mass is 431 g/mol. The van der Waals surface area contributed by atoms with Crippen LogP contribution in [0.2, 0.25) is 0 Å². The molecule has 8 nitrogen and oxygen atoms in total. The molecule has 2 N–H and O–H groups in total. The number of aromatic amines is 1. The number of benzene rings is 1. The predicted octanol–water partition coefficient (Wildman–Crippen LogP) is 2.96. The van der Waals surface area contributed by atoms with E-state index in [0.29, 0.717) is 48.0 Å². The quantitative estimate of drug-likeness (QED) is 0.635. The number of nitrogens with one attached hydrogen (secondary N) is 2. The van der Waals surface area contributed by atoms with Crippen molar-refractivity contribution in [3.63, 3.8) is 0 Å². The zero-order chi connectivity index (χ0) is 22.4. The maximum Gasteiger partial charge on any atom is 0.328 e. The Morgan fingerprint density at radius 1 is 1.13 bits per heavy atom. The molecule has 1 aromatic heterocycles. The molecule has 0 radical (unpaired) electrons. The second-order valence-corrected chi connectivity index (χ2v) is 8.14. The highest BCUT2D eigenvalue weighted by atomic mass is 16.5. The van der Waals surface area contributed by atoms with Gasteiger partial charge in [-0.15, -0.1) is 0 Å². The first-order chi connectivity index (χ1) is 14.9. The van der Waals surface area contributed by atoms with Gasteiger partial charge < -0.3 is 19.8 Å². The third-order valence-electron chi connectivity index (χ3n) is 5.89. The van der Waals surface area contributed by atoms with Crippen LogP contribution >= 0.6 is 0 Å². The van der Waals surface area contributed by atoms with Crippen molar-refractivity contribution < 1.29 is 14.3 Å². The van der Waals surface area contributed by atoms with Gasteiger partial charge in [-0.2, -0.15) is 0 Å². The summed E-state index contributed by atoms with van der Waals surface area (Å²) in [6.07, 6.45) is 5.21. The average molecular weight is 432 g/mol. The standard InChI is InChI=1S/C23H33N3O5/c1-4-30-19-13-16-18(14-20(19)31-5-2)25-23(29)26(22(16)28)12-8-11-21(27)24-17-10-7-6-9-15(17)3/h13-15,17H,4-12H2,1-3H3,(H,24,27)(H,25,29)/t15-,17-/m0/s1. The maximum absolute atomic E-state index is 13.0. The molecule has 1 fully saturated rings. The number of hydrogen-bond donors (Lipinski definition) is 2. The molecular weight excluding hydrogens is 398 g/mol. The van der Waals surface area contributed by atoms with Crippen molar-refractivity contribution in [1.82, 2.24) is 14.9 Å². The van der Waals surface area contributed by atoms with Crippen LogP contribution in [0.3, 0.4) is 0 Å². The number of nitrogens with zero attached hydrogens (tertiary/aromatic N) is 1. The van der Waals surface area contributed by atoms with Crippen molar-refractivity contribution >= 4 is 16.8 Å². The Bertz CT molecular complexity index is 1030. The van der Waals surface area contributed by atoms with Gasteiger partial charge in [-0.3, -0.25) is 14.2 Å².